The van der Waals surface area contributed by atoms with E-state index in [1.807, 2.05) is 6.92 Å². The summed E-state index contributed by atoms with van der Waals surface area (Å²) in [6, 6.07) is 9.18. The standard InChI is InChI=1S/C12H17NO/c1-9(8-14)13-12-7-6-10-4-2-3-5-11(10)12/h2-5,9,12-14H,6-8H2,1H3/t9-,12?/m1/s1. The van der Waals surface area contributed by atoms with Crippen LogP contribution in [0.15, 0.2) is 24.3 Å². The molecule has 0 saturated carbocycles. The molecule has 0 heterocycles. The molecule has 0 radical (unpaired) electrons. The van der Waals surface area contributed by atoms with Gasteiger partial charge in [0.25, 0.3) is 0 Å². The van der Waals surface area contributed by atoms with Crippen LogP contribution in [-0.4, -0.2) is 17.8 Å². The Bertz CT molecular complexity index is 311. The fourth-order valence-electron chi connectivity index (χ4n) is 2.13. The van der Waals surface area contributed by atoms with Crippen molar-refractivity contribution in [2.75, 3.05) is 6.61 Å². The second-order valence-corrected chi connectivity index (χ2v) is 4.04. The lowest BCUT2D eigenvalue weighted by Crippen LogP contribution is -2.32. The summed E-state index contributed by atoms with van der Waals surface area (Å²) < 4.78 is 0. The fraction of sp³-hybridized carbons (Fsp3) is 0.500. The lowest BCUT2D eigenvalue weighted by molar-refractivity contribution is 0.240. The number of benzene rings is 1. The van der Waals surface area contributed by atoms with Gasteiger partial charge in [0.05, 0.1) is 6.61 Å². The van der Waals surface area contributed by atoms with Gasteiger partial charge in [-0.1, -0.05) is 24.3 Å². The van der Waals surface area contributed by atoms with Gasteiger partial charge in [0.15, 0.2) is 0 Å². The Labute approximate surface area is 85.0 Å². The summed E-state index contributed by atoms with van der Waals surface area (Å²) in [5.74, 6) is 0. The van der Waals surface area contributed by atoms with Crippen LogP contribution >= 0.6 is 0 Å². The Morgan fingerprint density at radius 2 is 2.29 bits per heavy atom. The summed E-state index contributed by atoms with van der Waals surface area (Å²) >= 11 is 0. The van der Waals surface area contributed by atoms with Gasteiger partial charge in [0.2, 0.25) is 0 Å². The number of rotatable bonds is 3. The van der Waals surface area contributed by atoms with E-state index in [0.717, 1.165) is 12.8 Å². The third-order valence-electron chi connectivity index (χ3n) is 2.89. The first kappa shape index (κ1) is 9.69. The molecule has 2 nitrogen and oxygen atoms in total. The molecule has 0 bridgehead atoms. The van der Waals surface area contributed by atoms with Crippen molar-refractivity contribution in [1.29, 1.82) is 0 Å². The number of hydrogen-bond donors (Lipinski definition) is 2. The smallest absolute Gasteiger partial charge is 0.0582 e. The molecule has 0 aliphatic heterocycles. The second-order valence-electron chi connectivity index (χ2n) is 4.04. The van der Waals surface area contributed by atoms with E-state index in [2.05, 4.69) is 29.6 Å². The fourth-order valence-corrected chi connectivity index (χ4v) is 2.13. The summed E-state index contributed by atoms with van der Waals surface area (Å²) in [6.45, 7) is 2.22. The van der Waals surface area contributed by atoms with Crippen molar-refractivity contribution in [1.82, 2.24) is 5.32 Å². The predicted octanol–water partition coefficient (Wildman–Crippen LogP) is 1.64. The highest BCUT2D eigenvalue weighted by atomic mass is 16.3. The lowest BCUT2D eigenvalue weighted by Gasteiger charge is -2.18. The van der Waals surface area contributed by atoms with Gasteiger partial charge in [-0.25, -0.2) is 0 Å². The van der Waals surface area contributed by atoms with Crippen molar-refractivity contribution in [2.45, 2.75) is 31.8 Å². The molecule has 2 heteroatoms. The summed E-state index contributed by atoms with van der Waals surface area (Å²) in [7, 11) is 0. The molecule has 0 amide bonds. The maximum Gasteiger partial charge on any atom is 0.0582 e. The first-order valence-corrected chi connectivity index (χ1v) is 5.26. The third kappa shape index (κ3) is 1.81. The zero-order chi connectivity index (χ0) is 9.97. The van der Waals surface area contributed by atoms with Crippen LogP contribution in [0.4, 0.5) is 0 Å². The van der Waals surface area contributed by atoms with E-state index < -0.39 is 0 Å². The van der Waals surface area contributed by atoms with Gasteiger partial charge in [0.1, 0.15) is 0 Å². The van der Waals surface area contributed by atoms with Gasteiger partial charge in [-0.05, 0) is 30.9 Å². The van der Waals surface area contributed by atoms with E-state index >= 15 is 0 Å². The SMILES string of the molecule is C[C@H](CO)NC1CCc2ccccc21. The Kier molecular flexibility index (Phi) is 2.85. The van der Waals surface area contributed by atoms with Gasteiger partial charge in [-0.2, -0.15) is 0 Å². The van der Waals surface area contributed by atoms with Crippen molar-refractivity contribution >= 4 is 0 Å². The highest BCUT2D eigenvalue weighted by Gasteiger charge is 2.22. The molecule has 0 fully saturated rings. The minimum atomic E-state index is 0.186. The normalized spacial score (nSPS) is 22.0. The molecule has 0 spiro atoms. The van der Waals surface area contributed by atoms with Gasteiger partial charge >= 0.3 is 0 Å². The van der Waals surface area contributed by atoms with Crippen LogP contribution in [0.2, 0.25) is 0 Å². The number of fused-ring (bicyclic) bond motifs is 1. The number of nitrogens with one attached hydrogen (secondary N) is 1. The summed E-state index contributed by atoms with van der Waals surface area (Å²) in [5, 5.41) is 12.4. The summed E-state index contributed by atoms with van der Waals surface area (Å²) in [4.78, 5) is 0. The number of aliphatic hydroxyl groups is 1. The van der Waals surface area contributed by atoms with E-state index in [0.29, 0.717) is 6.04 Å². The lowest BCUT2D eigenvalue weighted by atomic mass is 10.1. The molecular formula is C12H17NO. The molecule has 2 rings (SSSR count). The molecule has 0 aromatic heterocycles. The topological polar surface area (TPSA) is 32.3 Å². The molecule has 1 aliphatic carbocycles. The summed E-state index contributed by atoms with van der Waals surface area (Å²) in [5.41, 5.74) is 2.86. The van der Waals surface area contributed by atoms with Crippen LogP contribution in [0.3, 0.4) is 0 Å². The van der Waals surface area contributed by atoms with E-state index in [4.69, 9.17) is 5.11 Å². The van der Waals surface area contributed by atoms with Gasteiger partial charge in [-0.15, -0.1) is 0 Å². The molecule has 1 aliphatic rings. The second kappa shape index (κ2) is 4.11. The highest BCUT2D eigenvalue weighted by molar-refractivity contribution is 5.34. The average molecular weight is 191 g/mol. The van der Waals surface area contributed by atoms with Crippen LogP contribution in [0.5, 0.6) is 0 Å². The van der Waals surface area contributed by atoms with E-state index in [1.165, 1.54) is 11.1 Å². The Morgan fingerprint density at radius 3 is 3.07 bits per heavy atom. The average Bonchev–Trinajstić information content (AvgIpc) is 2.62. The van der Waals surface area contributed by atoms with Crippen LogP contribution in [0.1, 0.15) is 30.5 Å². The van der Waals surface area contributed by atoms with Crippen LogP contribution < -0.4 is 5.32 Å². The molecule has 1 aromatic carbocycles. The van der Waals surface area contributed by atoms with E-state index in [-0.39, 0.29) is 12.6 Å². The van der Waals surface area contributed by atoms with Gasteiger partial charge < -0.3 is 10.4 Å². The van der Waals surface area contributed by atoms with Gasteiger partial charge in [0, 0.05) is 12.1 Å². The molecule has 1 aromatic rings. The zero-order valence-electron chi connectivity index (χ0n) is 8.53. The molecule has 2 N–H and O–H groups in total. The minimum absolute atomic E-state index is 0.186. The molecule has 2 atom stereocenters. The van der Waals surface area contributed by atoms with Crippen LogP contribution in [-0.2, 0) is 6.42 Å². The molecule has 0 saturated heterocycles. The van der Waals surface area contributed by atoms with E-state index in [1.54, 1.807) is 0 Å². The summed E-state index contributed by atoms with van der Waals surface area (Å²) in [6.07, 6.45) is 2.32. The Hall–Kier alpha value is -0.860. The first-order valence-electron chi connectivity index (χ1n) is 5.26. The monoisotopic (exact) mass is 191 g/mol. The van der Waals surface area contributed by atoms with Crippen molar-refractivity contribution < 1.29 is 5.11 Å². The molecule has 76 valence electrons. The molecular weight excluding hydrogens is 174 g/mol. The maximum absolute atomic E-state index is 8.98. The van der Waals surface area contributed by atoms with Gasteiger partial charge in [-0.3, -0.25) is 0 Å². The maximum atomic E-state index is 8.98. The van der Waals surface area contributed by atoms with Crippen molar-refractivity contribution in [3.8, 4) is 0 Å². The Morgan fingerprint density at radius 1 is 1.50 bits per heavy atom. The highest BCUT2D eigenvalue weighted by Crippen LogP contribution is 2.30. The minimum Gasteiger partial charge on any atom is -0.395 e. The van der Waals surface area contributed by atoms with Crippen LogP contribution in [0, 0.1) is 0 Å². The molecule has 14 heavy (non-hydrogen) atoms. The quantitative estimate of drug-likeness (QED) is 0.761. The van der Waals surface area contributed by atoms with E-state index in [9.17, 15) is 0 Å². The zero-order valence-corrected chi connectivity index (χ0v) is 8.53. The number of aryl methyl sites for hydroxylation is 1. The number of hydrogen-bond acceptors (Lipinski definition) is 2. The molecule has 1 unspecified atom stereocenters. The van der Waals surface area contributed by atoms with Crippen molar-refractivity contribution in [3.05, 3.63) is 35.4 Å². The Balaban J connectivity index is 2.10. The number of aliphatic hydroxyl groups excluding tert-OH is 1. The first-order chi connectivity index (χ1) is 6.81. The largest absolute Gasteiger partial charge is 0.395 e. The van der Waals surface area contributed by atoms with Crippen LogP contribution in [0.25, 0.3) is 0 Å². The van der Waals surface area contributed by atoms with Crippen molar-refractivity contribution in [3.63, 3.8) is 0 Å². The third-order valence-corrected chi connectivity index (χ3v) is 2.89. The van der Waals surface area contributed by atoms with Crippen molar-refractivity contribution in [2.24, 2.45) is 0 Å². The predicted molar refractivity (Wildman–Crippen MR) is 57.2 cm³/mol.